The molecule has 0 saturated carbocycles. The van der Waals surface area contributed by atoms with Crippen LogP contribution in [0.15, 0.2) is 24.3 Å². The molecule has 1 aliphatic heterocycles. The van der Waals surface area contributed by atoms with Gasteiger partial charge in [-0.2, -0.15) is 0 Å². The number of hydrogen-bond acceptors (Lipinski definition) is 2. The molecule has 0 bridgehead atoms. The fourth-order valence-corrected chi connectivity index (χ4v) is 2.98. The zero-order chi connectivity index (χ0) is 13.8. The molecule has 0 radical (unpaired) electrons. The number of likely N-dealkylation sites (tertiary alicyclic amines) is 1. The van der Waals surface area contributed by atoms with Crippen LogP contribution < -0.4 is 5.32 Å². The monoisotopic (exact) mass is 280 g/mol. The standard InChI is InChI=1S/C15H21ClN2O/c1-11-7-12(2)9-18(8-11)10-15(19)17-14-5-3-13(16)4-6-14/h3-6,11-12H,7-10H2,1-2H3,(H,17,19). The first-order chi connectivity index (χ1) is 9.02. The van der Waals surface area contributed by atoms with Crippen molar-refractivity contribution in [2.75, 3.05) is 25.0 Å². The van der Waals surface area contributed by atoms with Crippen LogP contribution in [0.25, 0.3) is 0 Å². The van der Waals surface area contributed by atoms with Gasteiger partial charge in [0.15, 0.2) is 0 Å². The van der Waals surface area contributed by atoms with Crippen LogP contribution in [0, 0.1) is 11.8 Å². The molecule has 1 heterocycles. The van der Waals surface area contributed by atoms with Gasteiger partial charge in [0.2, 0.25) is 5.91 Å². The molecule has 0 aliphatic carbocycles. The number of halogens is 1. The normalized spacial score (nSPS) is 24.2. The quantitative estimate of drug-likeness (QED) is 0.922. The van der Waals surface area contributed by atoms with Crippen LogP contribution in [0.2, 0.25) is 5.02 Å². The number of hydrogen-bond donors (Lipinski definition) is 1. The molecule has 2 atom stereocenters. The summed E-state index contributed by atoms with van der Waals surface area (Å²) in [6.45, 7) is 6.99. The topological polar surface area (TPSA) is 32.3 Å². The highest BCUT2D eigenvalue weighted by molar-refractivity contribution is 6.30. The van der Waals surface area contributed by atoms with Crippen LogP contribution >= 0.6 is 11.6 Å². The minimum atomic E-state index is 0.0450. The summed E-state index contributed by atoms with van der Waals surface area (Å²) in [4.78, 5) is 14.2. The lowest BCUT2D eigenvalue weighted by atomic mass is 9.92. The van der Waals surface area contributed by atoms with Gasteiger partial charge in [-0.15, -0.1) is 0 Å². The number of carbonyl (C=O) groups is 1. The minimum absolute atomic E-state index is 0.0450. The zero-order valence-corrected chi connectivity index (χ0v) is 12.3. The molecule has 1 aliphatic rings. The summed E-state index contributed by atoms with van der Waals surface area (Å²) in [5, 5.41) is 3.58. The number of carbonyl (C=O) groups excluding carboxylic acids is 1. The Kier molecular flexibility index (Phi) is 4.83. The average molecular weight is 281 g/mol. The van der Waals surface area contributed by atoms with Crippen LogP contribution in [-0.2, 0) is 4.79 Å². The summed E-state index contributed by atoms with van der Waals surface area (Å²) in [5.41, 5.74) is 0.799. The van der Waals surface area contributed by atoms with Crippen molar-refractivity contribution in [3.63, 3.8) is 0 Å². The van der Waals surface area contributed by atoms with Crippen LogP contribution in [0.4, 0.5) is 5.69 Å². The second-order valence-corrected chi connectivity index (χ2v) is 6.13. The van der Waals surface area contributed by atoms with Gasteiger partial charge >= 0.3 is 0 Å². The van der Waals surface area contributed by atoms with E-state index < -0.39 is 0 Å². The summed E-state index contributed by atoms with van der Waals surface area (Å²) in [7, 11) is 0. The van der Waals surface area contributed by atoms with Crippen LogP contribution in [0.1, 0.15) is 20.3 Å². The van der Waals surface area contributed by atoms with Gasteiger partial charge < -0.3 is 5.32 Å². The number of benzene rings is 1. The maximum Gasteiger partial charge on any atom is 0.238 e. The van der Waals surface area contributed by atoms with Crippen molar-refractivity contribution in [2.24, 2.45) is 11.8 Å². The lowest BCUT2D eigenvalue weighted by molar-refractivity contribution is -0.117. The number of rotatable bonds is 3. The van der Waals surface area contributed by atoms with Gasteiger partial charge in [0.05, 0.1) is 6.54 Å². The maximum absolute atomic E-state index is 12.0. The maximum atomic E-state index is 12.0. The third-order valence-electron chi connectivity index (χ3n) is 3.44. The van der Waals surface area contributed by atoms with Gasteiger partial charge in [0.1, 0.15) is 0 Å². The third kappa shape index (κ3) is 4.51. The molecule has 1 fully saturated rings. The van der Waals surface area contributed by atoms with Crippen molar-refractivity contribution in [1.82, 2.24) is 4.90 Å². The SMILES string of the molecule is CC1CC(C)CN(CC(=O)Nc2ccc(Cl)cc2)C1. The first kappa shape index (κ1) is 14.4. The Morgan fingerprint density at radius 2 is 1.84 bits per heavy atom. The van der Waals surface area contributed by atoms with Gasteiger partial charge in [-0.3, -0.25) is 9.69 Å². The van der Waals surface area contributed by atoms with Crippen LogP contribution in [0.3, 0.4) is 0 Å². The second-order valence-electron chi connectivity index (χ2n) is 5.70. The van der Waals surface area contributed by atoms with Crippen molar-refractivity contribution in [3.8, 4) is 0 Å². The lowest BCUT2D eigenvalue weighted by Gasteiger charge is -2.34. The lowest BCUT2D eigenvalue weighted by Crippen LogP contribution is -2.42. The molecule has 0 aromatic heterocycles. The van der Waals surface area contributed by atoms with Crippen molar-refractivity contribution < 1.29 is 4.79 Å². The number of nitrogens with zero attached hydrogens (tertiary/aromatic N) is 1. The average Bonchev–Trinajstić information content (AvgIpc) is 2.30. The highest BCUT2D eigenvalue weighted by Crippen LogP contribution is 2.20. The van der Waals surface area contributed by atoms with Crippen LogP contribution in [-0.4, -0.2) is 30.4 Å². The Balaban J connectivity index is 1.85. The molecule has 19 heavy (non-hydrogen) atoms. The van der Waals surface area contributed by atoms with Crippen LogP contribution in [0.5, 0.6) is 0 Å². The molecular formula is C15H21ClN2O. The molecule has 0 spiro atoms. The van der Waals surface area contributed by atoms with Gasteiger partial charge in [0, 0.05) is 23.8 Å². The van der Waals surface area contributed by atoms with Gasteiger partial charge in [-0.05, 0) is 42.5 Å². The summed E-state index contributed by atoms with van der Waals surface area (Å²) in [5.74, 6) is 1.39. The molecule has 104 valence electrons. The van der Waals surface area contributed by atoms with E-state index in [1.165, 1.54) is 6.42 Å². The molecule has 1 aromatic rings. The molecule has 1 saturated heterocycles. The third-order valence-corrected chi connectivity index (χ3v) is 3.69. The zero-order valence-electron chi connectivity index (χ0n) is 11.5. The van der Waals surface area contributed by atoms with E-state index in [1.807, 2.05) is 12.1 Å². The summed E-state index contributed by atoms with van der Waals surface area (Å²) in [6, 6.07) is 7.20. The minimum Gasteiger partial charge on any atom is -0.325 e. The predicted molar refractivity (Wildman–Crippen MR) is 79.5 cm³/mol. The molecular weight excluding hydrogens is 260 g/mol. The second kappa shape index (κ2) is 6.40. The van der Waals surface area contributed by atoms with E-state index in [9.17, 15) is 4.79 Å². The number of piperidine rings is 1. The molecule has 1 aromatic carbocycles. The Hall–Kier alpha value is -1.06. The van der Waals surface area contributed by atoms with E-state index in [0.717, 1.165) is 18.8 Å². The van der Waals surface area contributed by atoms with Crippen molar-refractivity contribution in [2.45, 2.75) is 20.3 Å². The number of amides is 1. The van der Waals surface area contributed by atoms with Gasteiger partial charge in [0.25, 0.3) is 0 Å². The fraction of sp³-hybridized carbons (Fsp3) is 0.533. The molecule has 1 amide bonds. The van der Waals surface area contributed by atoms with E-state index in [1.54, 1.807) is 12.1 Å². The van der Waals surface area contributed by atoms with E-state index in [0.29, 0.717) is 23.4 Å². The molecule has 1 N–H and O–H groups in total. The Morgan fingerprint density at radius 1 is 1.26 bits per heavy atom. The number of anilines is 1. The van der Waals surface area contributed by atoms with Gasteiger partial charge in [-0.25, -0.2) is 0 Å². The molecule has 3 nitrogen and oxygen atoms in total. The van der Waals surface area contributed by atoms with Crippen molar-refractivity contribution in [1.29, 1.82) is 0 Å². The van der Waals surface area contributed by atoms with Gasteiger partial charge in [-0.1, -0.05) is 25.4 Å². The largest absolute Gasteiger partial charge is 0.325 e. The fourth-order valence-electron chi connectivity index (χ4n) is 2.86. The van der Waals surface area contributed by atoms with E-state index >= 15 is 0 Å². The van der Waals surface area contributed by atoms with E-state index in [4.69, 9.17) is 11.6 Å². The number of nitrogens with one attached hydrogen (secondary N) is 1. The summed E-state index contributed by atoms with van der Waals surface area (Å²) >= 11 is 5.81. The molecule has 2 rings (SSSR count). The van der Waals surface area contributed by atoms with Crippen molar-refractivity contribution in [3.05, 3.63) is 29.3 Å². The summed E-state index contributed by atoms with van der Waals surface area (Å²) < 4.78 is 0. The first-order valence-electron chi connectivity index (χ1n) is 6.80. The Bertz CT molecular complexity index is 422. The van der Waals surface area contributed by atoms with E-state index in [2.05, 4.69) is 24.1 Å². The molecule has 4 heteroatoms. The van der Waals surface area contributed by atoms with Crippen molar-refractivity contribution >= 4 is 23.2 Å². The Morgan fingerprint density at radius 3 is 2.42 bits per heavy atom. The Labute approximate surface area is 119 Å². The predicted octanol–water partition coefficient (Wildman–Crippen LogP) is 3.26. The summed E-state index contributed by atoms with van der Waals surface area (Å²) in [6.07, 6.45) is 1.26. The highest BCUT2D eigenvalue weighted by Gasteiger charge is 2.23. The first-order valence-corrected chi connectivity index (χ1v) is 7.18. The molecule has 2 unspecified atom stereocenters. The highest BCUT2D eigenvalue weighted by atomic mass is 35.5. The smallest absolute Gasteiger partial charge is 0.238 e. The van der Waals surface area contributed by atoms with E-state index in [-0.39, 0.29) is 5.91 Å².